The minimum Gasteiger partial charge on any atom is -0.455 e. The Kier molecular flexibility index (Phi) is 7.39. The van der Waals surface area contributed by atoms with Gasteiger partial charge < -0.3 is 15.0 Å². The molecule has 2 amide bonds. The average molecular weight is 394 g/mol. The summed E-state index contributed by atoms with van der Waals surface area (Å²) < 4.78 is 5.21. The van der Waals surface area contributed by atoms with E-state index in [4.69, 9.17) is 4.74 Å². The van der Waals surface area contributed by atoms with E-state index in [-0.39, 0.29) is 24.8 Å². The number of rotatable bonds is 7. The minimum absolute atomic E-state index is 0.0458. The van der Waals surface area contributed by atoms with Gasteiger partial charge in [0.25, 0.3) is 11.8 Å². The summed E-state index contributed by atoms with van der Waals surface area (Å²) in [5.74, 6) is -0.947. The molecular weight excluding hydrogens is 368 g/mol. The van der Waals surface area contributed by atoms with Crippen molar-refractivity contribution in [1.29, 1.82) is 0 Å². The first-order valence-corrected chi connectivity index (χ1v) is 9.98. The summed E-state index contributed by atoms with van der Waals surface area (Å²) >= 11 is 0. The predicted molar refractivity (Wildman–Crippen MR) is 109 cm³/mol. The summed E-state index contributed by atoms with van der Waals surface area (Å²) in [7, 11) is 0. The topological polar surface area (TPSA) is 75.7 Å². The van der Waals surface area contributed by atoms with Crippen LogP contribution in [-0.2, 0) is 14.3 Å². The highest BCUT2D eigenvalue weighted by Crippen LogP contribution is 2.18. The summed E-state index contributed by atoms with van der Waals surface area (Å²) in [6.45, 7) is 1.18. The van der Waals surface area contributed by atoms with E-state index in [9.17, 15) is 14.4 Å². The van der Waals surface area contributed by atoms with Crippen LogP contribution in [0.3, 0.4) is 0 Å². The molecule has 1 N–H and O–H groups in total. The van der Waals surface area contributed by atoms with Crippen molar-refractivity contribution in [1.82, 2.24) is 10.2 Å². The van der Waals surface area contributed by atoms with Gasteiger partial charge in [0.05, 0.1) is 12.5 Å². The van der Waals surface area contributed by atoms with Crippen molar-refractivity contribution in [3.63, 3.8) is 0 Å². The molecule has 0 aromatic heterocycles. The molecule has 1 fully saturated rings. The number of hydrogen-bond donors (Lipinski definition) is 1. The lowest BCUT2D eigenvalue weighted by atomic mass is 10.0. The zero-order chi connectivity index (χ0) is 20.5. The van der Waals surface area contributed by atoms with Crippen LogP contribution < -0.4 is 5.32 Å². The molecule has 1 saturated heterocycles. The molecule has 1 aliphatic heterocycles. The highest BCUT2D eigenvalue weighted by Gasteiger charge is 2.22. The lowest BCUT2D eigenvalue weighted by Crippen LogP contribution is -2.38. The van der Waals surface area contributed by atoms with Gasteiger partial charge in [0.1, 0.15) is 0 Å². The first-order chi connectivity index (χ1) is 14.1. The van der Waals surface area contributed by atoms with Crippen molar-refractivity contribution in [2.45, 2.75) is 31.7 Å². The van der Waals surface area contributed by atoms with Crippen molar-refractivity contribution in [3.8, 4) is 0 Å². The van der Waals surface area contributed by atoms with Crippen molar-refractivity contribution in [3.05, 3.63) is 71.8 Å². The smallest absolute Gasteiger partial charge is 0.308 e. The zero-order valence-corrected chi connectivity index (χ0v) is 16.4. The number of ether oxygens (including phenoxy) is 1. The van der Waals surface area contributed by atoms with Crippen LogP contribution in [0.2, 0.25) is 0 Å². The molecule has 1 aliphatic rings. The molecule has 0 bridgehead atoms. The SMILES string of the molecule is O=C(CC(NC(=O)c1ccccc1)c1ccccc1)OCC(=O)N1CCCCC1. The highest BCUT2D eigenvalue weighted by atomic mass is 16.5. The molecule has 29 heavy (non-hydrogen) atoms. The van der Waals surface area contributed by atoms with Crippen molar-refractivity contribution < 1.29 is 19.1 Å². The van der Waals surface area contributed by atoms with Crippen LogP contribution in [-0.4, -0.2) is 42.4 Å². The normalized spacial score (nSPS) is 14.7. The lowest BCUT2D eigenvalue weighted by Gasteiger charge is -2.26. The van der Waals surface area contributed by atoms with Gasteiger partial charge in [-0.2, -0.15) is 0 Å². The molecule has 0 spiro atoms. The lowest BCUT2D eigenvalue weighted by molar-refractivity contribution is -0.152. The summed E-state index contributed by atoms with van der Waals surface area (Å²) in [5, 5.41) is 2.90. The van der Waals surface area contributed by atoms with E-state index >= 15 is 0 Å². The maximum absolute atomic E-state index is 12.6. The first kappa shape index (κ1) is 20.6. The Morgan fingerprint density at radius 1 is 0.897 bits per heavy atom. The summed E-state index contributed by atoms with van der Waals surface area (Å²) in [6, 6.07) is 17.6. The number of benzene rings is 2. The van der Waals surface area contributed by atoms with Crippen LogP contribution in [0.15, 0.2) is 60.7 Å². The molecule has 0 saturated carbocycles. The zero-order valence-electron chi connectivity index (χ0n) is 16.4. The van der Waals surface area contributed by atoms with Gasteiger partial charge >= 0.3 is 5.97 Å². The number of esters is 1. The van der Waals surface area contributed by atoms with E-state index in [1.54, 1.807) is 29.2 Å². The van der Waals surface area contributed by atoms with Crippen LogP contribution in [0, 0.1) is 0 Å². The fourth-order valence-corrected chi connectivity index (χ4v) is 3.37. The molecule has 0 radical (unpaired) electrons. The van der Waals surface area contributed by atoms with E-state index in [0.29, 0.717) is 5.56 Å². The number of piperidine rings is 1. The maximum Gasteiger partial charge on any atom is 0.308 e. The van der Waals surface area contributed by atoms with Crippen LogP contribution >= 0.6 is 0 Å². The van der Waals surface area contributed by atoms with Crippen LogP contribution in [0.1, 0.15) is 47.6 Å². The molecule has 2 aromatic carbocycles. The molecule has 3 rings (SSSR count). The Hall–Kier alpha value is -3.15. The van der Waals surface area contributed by atoms with Crippen LogP contribution in [0.5, 0.6) is 0 Å². The van der Waals surface area contributed by atoms with Crippen molar-refractivity contribution >= 4 is 17.8 Å². The second kappa shape index (κ2) is 10.4. The second-order valence-corrected chi connectivity index (χ2v) is 7.11. The fourth-order valence-electron chi connectivity index (χ4n) is 3.37. The molecule has 152 valence electrons. The van der Waals surface area contributed by atoms with Gasteiger partial charge in [-0.05, 0) is 37.0 Å². The quantitative estimate of drug-likeness (QED) is 0.732. The number of carbonyl (C=O) groups excluding carboxylic acids is 3. The van der Waals surface area contributed by atoms with E-state index in [0.717, 1.165) is 37.9 Å². The Balaban J connectivity index is 1.59. The number of nitrogens with zero attached hydrogens (tertiary/aromatic N) is 1. The highest BCUT2D eigenvalue weighted by molar-refractivity contribution is 5.94. The molecule has 6 heteroatoms. The van der Waals surface area contributed by atoms with Gasteiger partial charge in [0.15, 0.2) is 6.61 Å². The summed E-state index contributed by atoms with van der Waals surface area (Å²) in [4.78, 5) is 38.9. The molecular formula is C23H26N2O4. The Bertz CT molecular complexity index is 817. The number of amides is 2. The number of carbonyl (C=O) groups is 3. The summed E-state index contributed by atoms with van der Waals surface area (Å²) in [6.07, 6.45) is 3.06. The monoisotopic (exact) mass is 394 g/mol. The molecule has 0 aliphatic carbocycles. The van der Waals surface area contributed by atoms with Crippen LogP contribution in [0.25, 0.3) is 0 Å². The Labute approximate surface area is 170 Å². The third-order valence-corrected chi connectivity index (χ3v) is 4.98. The van der Waals surface area contributed by atoms with Gasteiger partial charge in [0.2, 0.25) is 0 Å². The number of nitrogens with one attached hydrogen (secondary N) is 1. The van der Waals surface area contributed by atoms with Gasteiger partial charge in [0, 0.05) is 18.7 Å². The predicted octanol–water partition coefficient (Wildman–Crippen LogP) is 3.10. The molecule has 1 atom stereocenters. The second-order valence-electron chi connectivity index (χ2n) is 7.11. The number of likely N-dealkylation sites (tertiary alicyclic amines) is 1. The molecule has 1 unspecified atom stereocenters. The largest absolute Gasteiger partial charge is 0.455 e. The minimum atomic E-state index is -0.540. The summed E-state index contributed by atoms with van der Waals surface area (Å²) in [5.41, 5.74) is 1.32. The molecule has 6 nitrogen and oxygen atoms in total. The average Bonchev–Trinajstić information content (AvgIpc) is 2.78. The third-order valence-electron chi connectivity index (χ3n) is 4.98. The van der Waals surface area contributed by atoms with E-state index < -0.39 is 12.0 Å². The first-order valence-electron chi connectivity index (χ1n) is 9.98. The van der Waals surface area contributed by atoms with E-state index in [1.165, 1.54) is 0 Å². The third kappa shape index (κ3) is 6.17. The maximum atomic E-state index is 12.6. The van der Waals surface area contributed by atoms with Gasteiger partial charge in [-0.1, -0.05) is 48.5 Å². The van der Waals surface area contributed by atoms with Gasteiger partial charge in [-0.3, -0.25) is 14.4 Å². The van der Waals surface area contributed by atoms with Crippen molar-refractivity contribution in [2.75, 3.05) is 19.7 Å². The van der Waals surface area contributed by atoms with E-state index in [1.807, 2.05) is 36.4 Å². The fraction of sp³-hybridized carbons (Fsp3) is 0.348. The van der Waals surface area contributed by atoms with Crippen LogP contribution in [0.4, 0.5) is 0 Å². The standard InChI is InChI=1S/C23H26N2O4/c26-21(25-14-8-3-9-15-25)17-29-22(27)16-20(18-10-4-1-5-11-18)24-23(28)19-12-6-2-7-13-19/h1-2,4-7,10-13,20H,3,8-9,14-17H2,(H,24,28). The Morgan fingerprint density at radius 2 is 1.52 bits per heavy atom. The van der Waals surface area contributed by atoms with Gasteiger partial charge in [-0.15, -0.1) is 0 Å². The van der Waals surface area contributed by atoms with Gasteiger partial charge in [-0.25, -0.2) is 0 Å². The van der Waals surface area contributed by atoms with Crippen molar-refractivity contribution in [2.24, 2.45) is 0 Å². The Morgan fingerprint density at radius 3 is 2.17 bits per heavy atom. The molecule has 2 aromatic rings. The number of hydrogen-bond acceptors (Lipinski definition) is 4. The van der Waals surface area contributed by atoms with E-state index in [2.05, 4.69) is 5.32 Å². The molecule has 1 heterocycles.